The maximum atomic E-state index is 6.42. The predicted molar refractivity (Wildman–Crippen MR) is 99.9 cm³/mol. The zero-order valence-electron chi connectivity index (χ0n) is 16.1. The van der Waals surface area contributed by atoms with E-state index >= 15 is 0 Å². The van der Waals surface area contributed by atoms with Gasteiger partial charge < -0.3 is 9.31 Å². The molecule has 0 N–H and O–H groups in total. The predicted octanol–water partition coefficient (Wildman–Crippen LogP) is 4.48. The molecule has 132 valence electrons. The van der Waals surface area contributed by atoms with Crippen LogP contribution >= 0.6 is 0 Å². The van der Waals surface area contributed by atoms with Crippen molar-refractivity contribution in [1.29, 1.82) is 0 Å². The zero-order valence-corrected chi connectivity index (χ0v) is 16.1. The van der Waals surface area contributed by atoms with Crippen LogP contribution in [0.5, 0.6) is 0 Å². The fourth-order valence-electron chi connectivity index (χ4n) is 3.62. The molecule has 3 nitrogen and oxygen atoms in total. The molecule has 1 unspecified atom stereocenters. The van der Waals surface area contributed by atoms with Crippen LogP contribution in [0.25, 0.3) is 0 Å². The van der Waals surface area contributed by atoms with Crippen molar-refractivity contribution in [2.45, 2.75) is 71.5 Å². The lowest BCUT2D eigenvalue weighted by Gasteiger charge is -2.41. The van der Waals surface area contributed by atoms with Crippen LogP contribution < -0.4 is 0 Å². The van der Waals surface area contributed by atoms with Gasteiger partial charge in [0.1, 0.15) is 0 Å². The Labute approximate surface area is 147 Å². The lowest BCUT2D eigenvalue weighted by Crippen LogP contribution is -2.46. The monoisotopic (exact) mass is 329 g/mol. The van der Waals surface area contributed by atoms with Crippen molar-refractivity contribution >= 4 is 7.12 Å². The van der Waals surface area contributed by atoms with Crippen LogP contribution in [0.4, 0.5) is 0 Å². The van der Waals surface area contributed by atoms with E-state index in [1.807, 2.05) is 0 Å². The Morgan fingerprint density at radius 2 is 1.38 bits per heavy atom. The molecule has 2 saturated heterocycles. The highest BCUT2D eigenvalue weighted by molar-refractivity contribution is 6.47. The largest absolute Gasteiger partial charge is 0.481 e. The van der Waals surface area contributed by atoms with Gasteiger partial charge in [0, 0.05) is 0 Å². The lowest BCUT2D eigenvalue weighted by atomic mass is 9.71. The van der Waals surface area contributed by atoms with Crippen molar-refractivity contribution in [2.24, 2.45) is 5.41 Å². The van der Waals surface area contributed by atoms with Crippen LogP contribution in [-0.2, 0) is 9.31 Å². The fourth-order valence-corrected chi connectivity index (χ4v) is 3.62. The van der Waals surface area contributed by atoms with E-state index in [1.54, 1.807) is 0 Å². The van der Waals surface area contributed by atoms with E-state index in [1.165, 1.54) is 18.4 Å². The Morgan fingerprint density at radius 3 is 1.88 bits per heavy atom. The normalized spacial score (nSPS) is 27.2. The minimum absolute atomic E-state index is 0.156. The number of benzene rings is 1. The van der Waals surface area contributed by atoms with E-state index < -0.39 is 0 Å². The summed E-state index contributed by atoms with van der Waals surface area (Å²) >= 11 is 0. The van der Waals surface area contributed by atoms with E-state index in [0.29, 0.717) is 5.41 Å². The minimum Gasteiger partial charge on any atom is -0.402 e. The summed E-state index contributed by atoms with van der Waals surface area (Å²) in [5.74, 6) is 0.156. The van der Waals surface area contributed by atoms with E-state index in [0.717, 1.165) is 13.1 Å². The van der Waals surface area contributed by atoms with E-state index in [-0.39, 0.29) is 24.3 Å². The summed E-state index contributed by atoms with van der Waals surface area (Å²) in [6.45, 7) is 15.5. The molecule has 24 heavy (non-hydrogen) atoms. The quantitative estimate of drug-likeness (QED) is 0.763. The standard InChI is InChI=1S/C20H32BNO2/c1-18(2)12-14-22(15-13-18)17(16-10-8-7-9-11-16)21-23-19(3,4)20(5,6)24-21/h7-11,17H,12-15H2,1-6H3. The van der Waals surface area contributed by atoms with E-state index in [9.17, 15) is 0 Å². The fraction of sp³-hybridized carbons (Fsp3) is 0.700. The molecule has 0 aliphatic carbocycles. The summed E-state index contributed by atoms with van der Waals surface area (Å²) in [7, 11) is -0.224. The first-order valence-electron chi connectivity index (χ1n) is 9.26. The Morgan fingerprint density at radius 1 is 0.875 bits per heavy atom. The molecule has 0 radical (unpaired) electrons. The molecule has 1 aromatic carbocycles. The van der Waals surface area contributed by atoms with Gasteiger partial charge in [-0.3, -0.25) is 4.90 Å². The van der Waals surface area contributed by atoms with E-state index in [4.69, 9.17) is 9.31 Å². The topological polar surface area (TPSA) is 21.7 Å². The number of piperidine rings is 1. The zero-order chi connectivity index (χ0) is 17.6. The van der Waals surface area contributed by atoms with Crippen molar-refractivity contribution in [3.05, 3.63) is 35.9 Å². The third-order valence-electron chi connectivity index (χ3n) is 6.22. The van der Waals surface area contributed by atoms with Crippen molar-refractivity contribution in [2.75, 3.05) is 13.1 Å². The average Bonchev–Trinajstić information content (AvgIpc) is 2.70. The SMILES string of the molecule is CC1(C)CCN(C(B2OC(C)(C)C(C)(C)O2)c2ccccc2)CC1. The summed E-state index contributed by atoms with van der Waals surface area (Å²) in [6, 6.07) is 10.7. The van der Waals surface area contributed by atoms with E-state index in [2.05, 4.69) is 76.8 Å². The Hall–Kier alpha value is -0.835. The highest BCUT2D eigenvalue weighted by Gasteiger charge is 2.55. The second-order valence-corrected chi connectivity index (χ2v) is 9.18. The molecule has 0 aromatic heterocycles. The molecule has 2 aliphatic rings. The first kappa shape index (κ1) is 18.0. The molecule has 2 aliphatic heterocycles. The molecule has 2 fully saturated rings. The number of nitrogens with zero attached hydrogens (tertiary/aromatic N) is 1. The molecule has 1 atom stereocenters. The Kier molecular flexibility index (Phi) is 4.61. The first-order valence-corrected chi connectivity index (χ1v) is 9.26. The summed E-state index contributed by atoms with van der Waals surface area (Å²) in [5, 5.41) is 0. The second-order valence-electron chi connectivity index (χ2n) is 9.18. The van der Waals surface area contributed by atoms with Crippen LogP contribution in [0.15, 0.2) is 30.3 Å². The highest BCUT2D eigenvalue weighted by Crippen LogP contribution is 2.43. The van der Waals surface area contributed by atoms with Crippen molar-refractivity contribution < 1.29 is 9.31 Å². The summed E-state index contributed by atoms with van der Waals surface area (Å²) < 4.78 is 12.8. The average molecular weight is 329 g/mol. The Bertz CT molecular complexity index is 544. The molecular weight excluding hydrogens is 297 g/mol. The summed E-state index contributed by atoms with van der Waals surface area (Å²) in [5.41, 5.74) is 1.14. The van der Waals surface area contributed by atoms with Crippen LogP contribution in [0.2, 0.25) is 0 Å². The van der Waals surface area contributed by atoms with Gasteiger partial charge >= 0.3 is 7.12 Å². The van der Waals surface area contributed by atoms with Gasteiger partial charge in [0.25, 0.3) is 0 Å². The summed E-state index contributed by atoms with van der Waals surface area (Å²) in [4.78, 5) is 2.56. The number of likely N-dealkylation sites (tertiary alicyclic amines) is 1. The maximum Gasteiger partial charge on any atom is 0.481 e. The van der Waals surface area contributed by atoms with Gasteiger partial charge in [-0.05, 0) is 64.6 Å². The smallest absolute Gasteiger partial charge is 0.402 e. The molecule has 1 aromatic rings. The van der Waals surface area contributed by atoms with Gasteiger partial charge in [0.15, 0.2) is 0 Å². The molecule has 2 heterocycles. The first-order chi connectivity index (χ1) is 11.1. The second kappa shape index (κ2) is 6.15. The van der Waals surface area contributed by atoms with Gasteiger partial charge in [0.05, 0.1) is 17.1 Å². The minimum atomic E-state index is -0.292. The Balaban J connectivity index is 1.87. The van der Waals surface area contributed by atoms with Crippen LogP contribution in [-0.4, -0.2) is 36.3 Å². The lowest BCUT2D eigenvalue weighted by molar-refractivity contribution is 0.00578. The van der Waals surface area contributed by atoms with Crippen LogP contribution in [0.1, 0.15) is 65.9 Å². The molecule has 0 bridgehead atoms. The van der Waals surface area contributed by atoms with Crippen molar-refractivity contribution in [3.8, 4) is 0 Å². The number of rotatable bonds is 3. The van der Waals surface area contributed by atoms with Crippen molar-refractivity contribution in [3.63, 3.8) is 0 Å². The molecule has 3 rings (SSSR count). The third-order valence-corrected chi connectivity index (χ3v) is 6.22. The van der Waals surface area contributed by atoms with Gasteiger partial charge in [-0.15, -0.1) is 0 Å². The van der Waals surface area contributed by atoms with Crippen LogP contribution in [0.3, 0.4) is 0 Å². The highest BCUT2D eigenvalue weighted by atomic mass is 16.7. The molecule has 4 heteroatoms. The molecule has 0 amide bonds. The molecule has 0 saturated carbocycles. The van der Waals surface area contributed by atoms with Crippen molar-refractivity contribution in [1.82, 2.24) is 4.90 Å². The maximum absolute atomic E-state index is 6.42. The number of hydrogen-bond donors (Lipinski definition) is 0. The number of hydrogen-bond acceptors (Lipinski definition) is 3. The van der Waals surface area contributed by atoms with Gasteiger partial charge in [-0.25, -0.2) is 0 Å². The third kappa shape index (κ3) is 3.42. The van der Waals surface area contributed by atoms with Crippen LogP contribution in [0, 0.1) is 5.41 Å². The summed E-state index contributed by atoms with van der Waals surface area (Å²) in [6.07, 6.45) is 2.44. The molecule has 0 spiro atoms. The van der Waals surface area contributed by atoms with Gasteiger partial charge in [-0.1, -0.05) is 44.2 Å². The van der Waals surface area contributed by atoms with Gasteiger partial charge in [-0.2, -0.15) is 0 Å². The van der Waals surface area contributed by atoms with Gasteiger partial charge in [0.2, 0.25) is 0 Å². The molecular formula is C20H32BNO2.